The molecule has 2 aromatic carbocycles. The zero-order valence-corrected chi connectivity index (χ0v) is 15.0. The summed E-state index contributed by atoms with van der Waals surface area (Å²) in [5.41, 5.74) is 2.47. The Morgan fingerprint density at radius 3 is 2.44 bits per heavy atom. The summed E-state index contributed by atoms with van der Waals surface area (Å²) in [7, 11) is 4.93. The smallest absolute Gasteiger partial charge is 0.191 e. The van der Waals surface area contributed by atoms with Crippen molar-refractivity contribution in [3.63, 3.8) is 0 Å². The van der Waals surface area contributed by atoms with Gasteiger partial charge in [0.15, 0.2) is 5.96 Å². The molecule has 2 rings (SSSR count). The Morgan fingerprint density at radius 1 is 1.04 bits per heavy atom. The van der Waals surface area contributed by atoms with Gasteiger partial charge in [0.1, 0.15) is 17.3 Å². The van der Waals surface area contributed by atoms with Crippen LogP contribution in [0.4, 0.5) is 4.39 Å². The number of hydrogen-bond donors (Lipinski definition) is 2. The van der Waals surface area contributed by atoms with Crippen LogP contribution in [0.25, 0.3) is 0 Å². The van der Waals surface area contributed by atoms with Gasteiger partial charge in [0.05, 0.1) is 14.2 Å². The summed E-state index contributed by atoms with van der Waals surface area (Å²) in [5.74, 6) is 1.90. The number of hydrogen-bond acceptors (Lipinski definition) is 3. The third-order valence-electron chi connectivity index (χ3n) is 3.86. The second kappa shape index (κ2) is 8.92. The van der Waals surface area contributed by atoms with Crippen molar-refractivity contribution in [2.75, 3.05) is 21.3 Å². The molecule has 0 heterocycles. The van der Waals surface area contributed by atoms with Gasteiger partial charge in [0, 0.05) is 31.8 Å². The molecule has 0 fully saturated rings. The van der Waals surface area contributed by atoms with Crippen molar-refractivity contribution in [2.24, 2.45) is 4.99 Å². The summed E-state index contributed by atoms with van der Waals surface area (Å²) in [5, 5.41) is 6.39. The Hall–Kier alpha value is -2.76. The predicted molar refractivity (Wildman–Crippen MR) is 97.7 cm³/mol. The van der Waals surface area contributed by atoms with Gasteiger partial charge < -0.3 is 20.1 Å². The number of methoxy groups -OCH3 is 2. The van der Waals surface area contributed by atoms with Gasteiger partial charge in [-0.05, 0) is 36.2 Å². The van der Waals surface area contributed by atoms with E-state index in [0.717, 1.165) is 22.6 Å². The molecule has 2 aromatic rings. The first kappa shape index (κ1) is 18.6. The lowest BCUT2D eigenvalue weighted by molar-refractivity contribution is 0.390. The quantitative estimate of drug-likeness (QED) is 0.624. The highest BCUT2D eigenvalue weighted by Crippen LogP contribution is 2.24. The lowest BCUT2D eigenvalue weighted by atomic mass is 10.1. The van der Waals surface area contributed by atoms with E-state index in [-0.39, 0.29) is 5.82 Å². The van der Waals surface area contributed by atoms with Gasteiger partial charge in [0.25, 0.3) is 0 Å². The molecule has 0 aliphatic heterocycles. The molecule has 0 atom stereocenters. The molecule has 134 valence electrons. The molecule has 6 heteroatoms. The summed E-state index contributed by atoms with van der Waals surface area (Å²) in [6, 6.07) is 10.8. The van der Waals surface area contributed by atoms with E-state index >= 15 is 0 Å². The van der Waals surface area contributed by atoms with Crippen molar-refractivity contribution in [2.45, 2.75) is 20.0 Å². The fourth-order valence-electron chi connectivity index (χ4n) is 2.33. The van der Waals surface area contributed by atoms with E-state index in [4.69, 9.17) is 9.47 Å². The number of nitrogens with zero attached hydrogens (tertiary/aromatic N) is 1. The zero-order valence-electron chi connectivity index (χ0n) is 15.0. The van der Waals surface area contributed by atoms with E-state index in [0.29, 0.717) is 24.6 Å². The summed E-state index contributed by atoms with van der Waals surface area (Å²) < 4.78 is 24.2. The number of aliphatic imine (C=N–C) groups is 1. The van der Waals surface area contributed by atoms with Crippen LogP contribution in [-0.2, 0) is 13.1 Å². The molecule has 0 saturated heterocycles. The third-order valence-corrected chi connectivity index (χ3v) is 3.86. The van der Waals surface area contributed by atoms with Gasteiger partial charge in [-0.3, -0.25) is 4.99 Å². The fourth-order valence-corrected chi connectivity index (χ4v) is 2.33. The maximum atomic E-state index is 13.6. The molecule has 25 heavy (non-hydrogen) atoms. The minimum absolute atomic E-state index is 0.204. The molecule has 0 spiro atoms. The van der Waals surface area contributed by atoms with Crippen molar-refractivity contribution < 1.29 is 13.9 Å². The molecule has 0 aliphatic carbocycles. The average molecular weight is 345 g/mol. The molecule has 0 aliphatic rings. The number of nitrogens with one attached hydrogen (secondary N) is 2. The maximum absolute atomic E-state index is 13.6. The van der Waals surface area contributed by atoms with E-state index in [2.05, 4.69) is 15.6 Å². The minimum atomic E-state index is -0.204. The van der Waals surface area contributed by atoms with Gasteiger partial charge in [-0.2, -0.15) is 0 Å². The molecular weight excluding hydrogens is 321 g/mol. The highest BCUT2D eigenvalue weighted by molar-refractivity contribution is 5.79. The van der Waals surface area contributed by atoms with Gasteiger partial charge in [-0.25, -0.2) is 4.39 Å². The van der Waals surface area contributed by atoms with Crippen LogP contribution in [0.3, 0.4) is 0 Å². The molecule has 5 nitrogen and oxygen atoms in total. The standard InChI is InChI=1S/C19H24FN3O2/c1-13-5-6-14(9-17(13)20)11-22-19(21-2)23-12-15-7-8-16(24-3)10-18(15)25-4/h5-10H,11-12H2,1-4H3,(H2,21,22,23). The van der Waals surface area contributed by atoms with Gasteiger partial charge >= 0.3 is 0 Å². The second-order valence-electron chi connectivity index (χ2n) is 5.54. The van der Waals surface area contributed by atoms with Gasteiger partial charge in [-0.15, -0.1) is 0 Å². The summed E-state index contributed by atoms with van der Waals surface area (Å²) in [6.07, 6.45) is 0. The second-order valence-corrected chi connectivity index (χ2v) is 5.54. The van der Waals surface area contributed by atoms with Crippen molar-refractivity contribution in [3.8, 4) is 11.5 Å². The van der Waals surface area contributed by atoms with E-state index in [1.54, 1.807) is 34.3 Å². The number of halogens is 1. The van der Waals surface area contributed by atoms with Crippen molar-refractivity contribution in [3.05, 3.63) is 58.9 Å². The lowest BCUT2D eigenvalue weighted by Gasteiger charge is -2.14. The Bertz CT molecular complexity index is 747. The maximum Gasteiger partial charge on any atom is 0.191 e. The largest absolute Gasteiger partial charge is 0.497 e. The van der Waals surface area contributed by atoms with Gasteiger partial charge in [-0.1, -0.05) is 12.1 Å². The Kier molecular flexibility index (Phi) is 6.62. The third kappa shape index (κ3) is 5.11. The number of ether oxygens (including phenoxy) is 2. The van der Waals surface area contributed by atoms with Crippen LogP contribution in [-0.4, -0.2) is 27.2 Å². The van der Waals surface area contributed by atoms with Gasteiger partial charge in [0.2, 0.25) is 0 Å². The molecule has 0 radical (unpaired) electrons. The first-order valence-corrected chi connectivity index (χ1v) is 7.97. The number of aryl methyl sites for hydroxylation is 1. The van der Waals surface area contributed by atoms with Crippen LogP contribution in [0.1, 0.15) is 16.7 Å². The highest BCUT2D eigenvalue weighted by Gasteiger charge is 2.07. The van der Waals surface area contributed by atoms with Crippen molar-refractivity contribution in [1.82, 2.24) is 10.6 Å². The molecule has 0 amide bonds. The van der Waals surface area contributed by atoms with Crippen molar-refractivity contribution in [1.29, 1.82) is 0 Å². The van der Waals surface area contributed by atoms with Crippen LogP contribution in [0.2, 0.25) is 0 Å². The summed E-state index contributed by atoms with van der Waals surface area (Å²) in [6.45, 7) is 2.76. The van der Waals surface area contributed by atoms with Crippen LogP contribution < -0.4 is 20.1 Å². The zero-order chi connectivity index (χ0) is 18.2. The van der Waals surface area contributed by atoms with Crippen LogP contribution in [0.5, 0.6) is 11.5 Å². The predicted octanol–water partition coefficient (Wildman–Crippen LogP) is 3.02. The number of rotatable bonds is 6. The van der Waals surface area contributed by atoms with E-state index < -0.39 is 0 Å². The minimum Gasteiger partial charge on any atom is -0.497 e. The SMILES string of the molecule is CN=C(NCc1ccc(C)c(F)c1)NCc1ccc(OC)cc1OC. The summed E-state index contributed by atoms with van der Waals surface area (Å²) in [4.78, 5) is 4.18. The average Bonchev–Trinajstić information content (AvgIpc) is 2.64. The monoisotopic (exact) mass is 345 g/mol. The van der Waals surface area contributed by atoms with Crippen LogP contribution in [0.15, 0.2) is 41.4 Å². The highest BCUT2D eigenvalue weighted by atomic mass is 19.1. The normalized spacial score (nSPS) is 11.2. The molecular formula is C19H24FN3O2. The van der Waals surface area contributed by atoms with E-state index in [1.165, 1.54) is 6.07 Å². The van der Waals surface area contributed by atoms with Crippen LogP contribution >= 0.6 is 0 Å². The number of guanidine groups is 1. The lowest BCUT2D eigenvalue weighted by Crippen LogP contribution is -2.36. The Balaban J connectivity index is 1.95. The molecule has 0 unspecified atom stereocenters. The Labute approximate surface area is 147 Å². The van der Waals surface area contributed by atoms with Crippen molar-refractivity contribution >= 4 is 5.96 Å². The molecule has 0 bridgehead atoms. The van der Waals surface area contributed by atoms with E-state index in [9.17, 15) is 4.39 Å². The van der Waals surface area contributed by atoms with E-state index in [1.807, 2.05) is 24.3 Å². The fraction of sp³-hybridized carbons (Fsp3) is 0.316. The first-order valence-electron chi connectivity index (χ1n) is 7.97. The number of benzene rings is 2. The molecule has 0 saturated carbocycles. The summed E-state index contributed by atoms with van der Waals surface area (Å²) >= 11 is 0. The Morgan fingerprint density at radius 2 is 1.80 bits per heavy atom. The topological polar surface area (TPSA) is 54.9 Å². The molecule has 2 N–H and O–H groups in total. The first-order chi connectivity index (χ1) is 12.1. The van der Waals surface area contributed by atoms with Crippen LogP contribution in [0, 0.1) is 12.7 Å². The molecule has 0 aromatic heterocycles.